The number of pyridine rings is 1. The van der Waals surface area contributed by atoms with Crippen LogP contribution in [0.1, 0.15) is 26.7 Å². The van der Waals surface area contributed by atoms with E-state index in [0.29, 0.717) is 5.71 Å². The van der Waals surface area contributed by atoms with Crippen molar-refractivity contribution in [1.29, 1.82) is 0 Å². The van der Waals surface area contributed by atoms with Crippen LogP contribution in [0, 0.1) is 0 Å². The van der Waals surface area contributed by atoms with E-state index in [1.807, 2.05) is 6.07 Å². The number of hydrogen-bond acceptors (Lipinski definition) is 3. The lowest BCUT2D eigenvalue weighted by Gasteiger charge is -2.11. The molecule has 0 atom stereocenters. The van der Waals surface area contributed by atoms with Crippen molar-refractivity contribution < 1.29 is 4.42 Å². The summed E-state index contributed by atoms with van der Waals surface area (Å²) in [6.45, 7) is 6.19. The van der Waals surface area contributed by atoms with Crippen LogP contribution in [-0.2, 0) is 5.41 Å². The average Bonchev–Trinajstić information content (AvgIpc) is 2.45. The lowest BCUT2D eigenvalue weighted by atomic mass is 9.97. The fourth-order valence-corrected chi connectivity index (χ4v) is 1.44. The van der Waals surface area contributed by atoms with Gasteiger partial charge in [-0.3, -0.25) is 0 Å². The Kier molecular flexibility index (Phi) is 2.10. The number of hydrogen-bond donors (Lipinski definition) is 0. The molecule has 2 rings (SSSR count). The monoisotopic (exact) mass is 254 g/mol. The molecule has 0 aromatic carbocycles. The third-order valence-corrected chi connectivity index (χ3v) is 2.29. The molecule has 14 heavy (non-hydrogen) atoms. The molecular weight excluding hydrogens is 244 g/mol. The zero-order valence-electron chi connectivity index (χ0n) is 8.34. The number of nitrogens with zero attached hydrogens (tertiary/aromatic N) is 2. The highest BCUT2D eigenvalue weighted by molar-refractivity contribution is 9.10. The van der Waals surface area contributed by atoms with E-state index in [-0.39, 0.29) is 5.41 Å². The van der Waals surface area contributed by atoms with Gasteiger partial charge in [0.1, 0.15) is 5.52 Å². The molecule has 2 aromatic rings. The highest BCUT2D eigenvalue weighted by Gasteiger charge is 2.21. The van der Waals surface area contributed by atoms with Crippen molar-refractivity contribution in [2.24, 2.45) is 0 Å². The number of fused-ring (bicyclic) bond motifs is 1. The van der Waals surface area contributed by atoms with E-state index in [0.717, 1.165) is 15.9 Å². The molecule has 0 amide bonds. The van der Waals surface area contributed by atoms with Gasteiger partial charge in [-0.05, 0) is 22.0 Å². The Morgan fingerprint density at radius 2 is 2.07 bits per heavy atom. The van der Waals surface area contributed by atoms with Crippen molar-refractivity contribution in [3.63, 3.8) is 0 Å². The Morgan fingerprint density at radius 3 is 2.71 bits per heavy atom. The molecule has 0 aliphatic rings. The van der Waals surface area contributed by atoms with Crippen molar-refractivity contribution in [1.82, 2.24) is 9.97 Å². The van der Waals surface area contributed by atoms with Crippen LogP contribution in [0.3, 0.4) is 0 Å². The zero-order valence-corrected chi connectivity index (χ0v) is 9.92. The molecule has 0 aliphatic heterocycles. The Bertz CT molecular complexity index is 470. The standard InChI is InChI=1S/C10H11BrN2O/c1-10(2,3)9-13-7-4-6(11)5-12-8(7)14-9/h4-5H,1-3H3. The lowest BCUT2D eigenvalue weighted by Crippen LogP contribution is -2.10. The predicted molar refractivity (Wildman–Crippen MR) is 58.2 cm³/mol. The van der Waals surface area contributed by atoms with E-state index in [9.17, 15) is 0 Å². The SMILES string of the molecule is CC(C)(C)c1nc2cc(Br)cnc2o1. The third-order valence-electron chi connectivity index (χ3n) is 1.86. The van der Waals surface area contributed by atoms with Crippen LogP contribution in [0.4, 0.5) is 0 Å². The number of aromatic nitrogens is 2. The molecule has 0 N–H and O–H groups in total. The maximum absolute atomic E-state index is 5.54. The predicted octanol–water partition coefficient (Wildman–Crippen LogP) is 3.28. The molecule has 0 spiro atoms. The van der Waals surface area contributed by atoms with E-state index < -0.39 is 0 Å². The Hall–Kier alpha value is -0.900. The van der Waals surface area contributed by atoms with Gasteiger partial charge in [0.25, 0.3) is 0 Å². The van der Waals surface area contributed by atoms with Gasteiger partial charge in [0.05, 0.1) is 0 Å². The summed E-state index contributed by atoms with van der Waals surface area (Å²) >= 11 is 3.35. The van der Waals surface area contributed by atoms with Gasteiger partial charge in [0.2, 0.25) is 11.6 Å². The largest absolute Gasteiger partial charge is 0.422 e. The molecule has 0 bridgehead atoms. The minimum Gasteiger partial charge on any atom is -0.422 e. The van der Waals surface area contributed by atoms with E-state index in [2.05, 4.69) is 46.7 Å². The van der Waals surface area contributed by atoms with Gasteiger partial charge in [-0.1, -0.05) is 20.8 Å². The summed E-state index contributed by atoms with van der Waals surface area (Å²) in [4.78, 5) is 8.52. The second-order valence-electron chi connectivity index (χ2n) is 4.25. The topological polar surface area (TPSA) is 38.9 Å². The Morgan fingerprint density at radius 1 is 1.36 bits per heavy atom. The smallest absolute Gasteiger partial charge is 0.247 e. The summed E-state index contributed by atoms with van der Waals surface area (Å²) in [5.74, 6) is 0.720. The van der Waals surface area contributed by atoms with E-state index in [1.165, 1.54) is 0 Å². The first-order valence-corrected chi connectivity index (χ1v) is 5.19. The number of oxazole rings is 1. The molecule has 0 aliphatic carbocycles. The van der Waals surface area contributed by atoms with Crippen LogP contribution in [0.25, 0.3) is 11.2 Å². The quantitative estimate of drug-likeness (QED) is 0.725. The van der Waals surface area contributed by atoms with Gasteiger partial charge >= 0.3 is 0 Å². The Balaban J connectivity index is 2.63. The second kappa shape index (κ2) is 3.05. The van der Waals surface area contributed by atoms with Gasteiger partial charge < -0.3 is 4.42 Å². The molecule has 4 heteroatoms. The van der Waals surface area contributed by atoms with Gasteiger partial charge in [-0.25, -0.2) is 9.97 Å². The van der Waals surface area contributed by atoms with Crippen LogP contribution in [0.2, 0.25) is 0 Å². The van der Waals surface area contributed by atoms with Crippen molar-refractivity contribution in [2.75, 3.05) is 0 Å². The second-order valence-corrected chi connectivity index (χ2v) is 5.16. The molecule has 0 saturated carbocycles. The molecule has 0 saturated heterocycles. The molecule has 0 radical (unpaired) electrons. The zero-order chi connectivity index (χ0) is 10.3. The van der Waals surface area contributed by atoms with Gasteiger partial charge in [0.15, 0.2) is 0 Å². The third kappa shape index (κ3) is 1.66. The molecule has 0 fully saturated rings. The lowest BCUT2D eigenvalue weighted by molar-refractivity contribution is 0.407. The molecule has 0 unspecified atom stereocenters. The summed E-state index contributed by atoms with van der Waals surface area (Å²) in [6, 6.07) is 1.90. The van der Waals surface area contributed by atoms with E-state index in [1.54, 1.807) is 6.20 Å². The van der Waals surface area contributed by atoms with Crippen LogP contribution in [0.5, 0.6) is 0 Å². The van der Waals surface area contributed by atoms with Crippen LogP contribution >= 0.6 is 15.9 Å². The van der Waals surface area contributed by atoms with Gasteiger partial charge in [-0.15, -0.1) is 0 Å². The first kappa shape index (κ1) is 9.65. The highest BCUT2D eigenvalue weighted by atomic mass is 79.9. The number of rotatable bonds is 0. The summed E-state index contributed by atoms with van der Waals surface area (Å²) in [5, 5.41) is 0. The molecule has 74 valence electrons. The molecule has 2 heterocycles. The van der Waals surface area contributed by atoms with Crippen molar-refractivity contribution in [2.45, 2.75) is 26.2 Å². The van der Waals surface area contributed by atoms with Crippen molar-refractivity contribution in [3.8, 4) is 0 Å². The molecular formula is C10H11BrN2O. The average molecular weight is 255 g/mol. The maximum Gasteiger partial charge on any atom is 0.247 e. The van der Waals surface area contributed by atoms with Gasteiger partial charge in [0, 0.05) is 16.1 Å². The van der Waals surface area contributed by atoms with Crippen LogP contribution in [-0.4, -0.2) is 9.97 Å². The van der Waals surface area contributed by atoms with E-state index in [4.69, 9.17) is 4.42 Å². The first-order valence-electron chi connectivity index (χ1n) is 4.39. The van der Waals surface area contributed by atoms with E-state index >= 15 is 0 Å². The van der Waals surface area contributed by atoms with Crippen molar-refractivity contribution >= 4 is 27.2 Å². The summed E-state index contributed by atoms with van der Waals surface area (Å²) in [7, 11) is 0. The van der Waals surface area contributed by atoms with Gasteiger partial charge in [-0.2, -0.15) is 0 Å². The number of halogens is 1. The molecule has 2 aromatic heterocycles. The van der Waals surface area contributed by atoms with Crippen molar-refractivity contribution in [3.05, 3.63) is 22.6 Å². The maximum atomic E-state index is 5.54. The first-order chi connectivity index (χ1) is 6.47. The summed E-state index contributed by atoms with van der Waals surface area (Å²) in [5.41, 5.74) is 1.31. The normalized spacial score (nSPS) is 12.3. The summed E-state index contributed by atoms with van der Waals surface area (Å²) in [6.07, 6.45) is 1.71. The Labute approximate surface area is 90.7 Å². The summed E-state index contributed by atoms with van der Waals surface area (Å²) < 4.78 is 6.46. The minimum absolute atomic E-state index is 0.0762. The van der Waals surface area contributed by atoms with Crippen LogP contribution in [0.15, 0.2) is 21.2 Å². The highest BCUT2D eigenvalue weighted by Crippen LogP contribution is 2.25. The molecule has 3 nitrogen and oxygen atoms in total. The van der Waals surface area contributed by atoms with Crippen LogP contribution < -0.4 is 0 Å². The fourth-order valence-electron chi connectivity index (χ4n) is 1.12. The minimum atomic E-state index is -0.0762. The fraction of sp³-hybridized carbons (Fsp3) is 0.400.